The van der Waals surface area contributed by atoms with Crippen LogP contribution in [0, 0.1) is 20.8 Å². The topological polar surface area (TPSA) is 20.3 Å². The molecule has 20 heavy (non-hydrogen) atoms. The minimum absolute atomic E-state index is 0.0869. The molecule has 0 aromatic heterocycles. The van der Waals surface area contributed by atoms with Crippen molar-refractivity contribution in [1.29, 1.82) is 0 Å². The SMILES string of the molecule is Cc1cc(C)c(C(=O)N(C)Cc2ccccc2)c(C)c1. The van der Waals surface area contributed by atoms with Crippen molar-refractivity contribution in [3.8, 4) is 0 Å². The summed E-state index contributed by atoms with van der Waals surface area (Å²) < 4.78 is 0. The highest BCUT2D eigenvalue weighted by Crippen LogP contribution is 2.19. The third-order valence-corrected chi connectivity index (χ3v) is 3.50. The second-order valence-electron chi connectivity index (χ2n) is 5.42. The summed E-state index contributed by atoms with van der Waals surface area (Å²) in [5.41, 5.74) is 5.27. The van der Waals surface area contributed by atoms with Crippen LogP contribution in [0.2, 0.25) is 0 Å². The van der Waals surface area contributed by atoms with E-state index < -0.39 is 0 Å². The van der Waals surface area contributed by atoms with Gasteiger partial charge in [-0.2, -0.15) is 0 Å². The van der Waals surface area contributed by atoms with Crippen LogP contribution in [0.3, 0.4) is 0 Å². The minimum Gasteiger partial charge on any atom is -0.337 e. The van der Waals surface area contributed by atoms with Crippen LogP contribution in [0.1, 0.15) is 32.6 Å². The number of nitrogens with zero attached hydrogens (tertiary/aromatic N) is 1. The van der Waals surface area contributed by atoms with Crippen molar-refractivity contribution >= 4 is 5.91 Å². The largest absolute Gasteiger partial charge is 0.337 e. The Morgan fingerprint density at radius 3 is 2.10 bits per heavy atom. The second kappa shape index (κ2) is 5.91. The van der Waals surface area contributed by atoms with Crippen LogP contribution in [0.4, 0.5) is 0 Å². The molecule has 0 saturated carbocycles. The van der Waals surface area contributed by atoms with Crippen LogP contribution >= 0.6 is 0 Å². The van der Waals surface area contributed by atoms with E-state index >= 15 is 0 Å². The molecule has 2 aromatic rings. The molecule has 0 heterocycles. The van der Waals surface area contributed by atoms with Gasteiger partial charge in [0, 0.05) is 19.2 Å². The summed E-state index contributed by atoms with van der Waals surface area (Å²) in [5, 5.41) is 0. The van der Waals surface area contributed by atoms with Gasteiger partial charge in [0.05, 0.1) is 0 Å². The molecule has 2 nitrogen and oxygen atoms in total. The van der Waals surface area contributed by atoms with Crippen LogP contribution in [0.5, 0.6) is 0 Å². The molecular weight excluding hydrogens is 246 g/mol. The van der Waals surface area contributed by atoms with Gasteiger partial charge in [0.25, 0.3) is 5.91 Å². The number of aryl methyl sites for hydroxylation is 3. The van der Waals surface area contributed by atoms with Gasteiger partial charge in [-0.3, -0.25) is 4.79 Å². The van der Waals surface area contributed by atoms with E-state index in [1.807, 2.05) is 51.2 Å². The Hall–Kier alpha value is -2.09. The monoisotopic (exact) mass is 267 g/mol. The van der Waals surface area contributed by atoms with Crippen LogP contribution in [-0.2, 0) is 6.54 Å². The molecule has 1 amide bonds. The Balaban J connectivity index is 2.23. The first kappa shape index (κ1) is 14.3. The molecule has 0 atom stereocenters. The predicted molar refractivity (Wildman–Crippen MR) is 82.9 cm³/mol. The Bertz CT molecular complexity index is 594. The van der Waals surface area contributed by atoms with Gasteiger partial charge < -0.3 is 4.90 Å². The lowest BCUT2D eigenvalue weighted by molar-refractivity contribution is 0.0783. The number of hydrogen-bond acceptors (Lipinski definition) is 1. The highest BCUT2D eigenvalue weighted by Gasteiger charge is 2.17. The molecule has 2 heteroatoms. The van der Waals surface area contributed by atoms with E-state index in [2.05, 4.69) is 19.1 Å². The number of amides is 1. The highest BCUT2D eigenvalue weighted by molar-refractivity contribution is 5.97. The Morgan fingerprint density at radius 2 is 1.55 bits per heavy atom. The lowest BCUT2D eigenvalue weighted by Crippen LogP contribution is -2.27. The van der Waals surface area contributed by atoms with Gasteiger partial charge in [-0.1, -0.05) is 48.0 Å². The van der Waals surface area contributed by atoms with E-state index in [1.54, 1.807) is 4.90 Å². The first-order valence-electron chi connectivity index (χ1n) is 6.86. The van der Waals surface area contributed by atoms with E-state index in [-0.39, 0.29) is 5.91 Å². The summed E-state index contributed by atoms with van der Waals surface area (Å²) >= 11 is 0. The quantitative estimate of drug-likeness (QED) is 0.826. The second-order valence-corrected chi connectivity index (χ2v) is 5.42. The smallest absolute Gasteiger partial charge is 0.254 e. The van der Waals surface area contributed by atoms with Crippen molar-refractivity contribution in [2.24, 2.45) is 0 Å². The van der Waals surface area contributed by atoms with Gasteiger partial charge in [0.1, 0.15) is 0 Å². The number of carbonyl (C=O) groups excluding carboxylic acids is 1. The molecule has 0 radical (unpaired) electrons. The number of rotatable bonds is 3. The number of carbonyl (C=O) groups is 1. The Kier molecular flexibility index (Phi) is 4.23. The molecule has 0 N–H and O–H groups in total. The number of benzene rings is 2. The van der Waals surface area contributed by atoms with E-state index in [4.69, 9.17) is 0 Å². The maximum Gasteiger partial charge on any atom is 0.254 e. The molecule has 0 saturated heterocycles. The minimum atomic E-state index is 0.0869. The standard InChI is InChI=1S/C18H21NO/c1-13-10-14(2)17(15(3)11-13)18(20)19(4)12-16-8-6-5-7-9-16/h5-11H,12H2,1-4H3. The van der Waals surface area contributed by atoms with Gasteiger partial charge >= 0.3 is 0 Å². The first-order valence-corrected chi connectivity index (χ1v) is 6.86. The summed E-state index contributed by atoms with van der Waals surface area (Å²) in [6.07, 6.45) is 0. The third-order valence-electron chi connectivity index (χ3n) is 3.50. The third kappa shape index (κ3) is 3.08. The number of hydrogen-bond donors (Lipinski definition) is 0. The highest BCUT2D eigenvalue weighted by atomic mass is 16.2. The fraction of sp³-hybridized carbons (Fsp3) is 0.278. The van der Waals surface area contributed by atoms with Crippen LogP contribution < -0.4 is 0 Å². The molecule has 2 aromatic carbocycles. The summed E-state index contributed by atoms with van der Waals surface area (Å²) in [7, 11) is 1.86. The molecule has 0 aliphatic rings. The fourth-order valence-electron chi connectivity index (χ4n) is 2.64. The summed E-state index contributed by atoms with van der Waals surface area (Å²) in [6, 6.07) is 14.2. The van der Waals surface area contributed by atoms with Crippen molar-refractivity contribution in [3.05, 3.63) is 70.3 Å². The summed E-state index contributed by atoms with van der Waals surface area (Å²) in [4.78, 5) is 14.4. The Labute approximate surface area is 121 Å². The Morgan fingerprint density at radius 1 is 1.00 bits per heavy atom. The predicted octanol–water partition coefficient (Wildman–Crippen LogP) is 3.88. The van der Waals surface area contributed by atoms with Gasteiger partial charge in [0.15, 0.2) is 0 Å². The molecule has 0 spiro atoms. The molecule has 0 unspecified atom stereocenters. The maximum absolute atomic E-state index is 12.6. The zero-order valence-electron chi connectivity index (χ0n) is 12.6. The molecule has 104 valence electrons. The lowest BCUT2D eigenvalue weighted by atomic mass is 9.98. The van der Waals surface area contributed by atoms with Gasteiger partial charge in [-0.15, -0.1) is 0 Å². The van der Waals surface area contributed by atoms with Crippen molar-refractivity contribution in [1.82, 2.24) is 4.90 Å². The molecule has 0 bridgehead atoms. The lowest BCUT2D eigenvalue weighted by Gasteiger charge is -2.20. The van der Waals surface area contributed by atoms with Crippen molar-refractivity contribution in [3.63, 3.8) is 0 Å². The molecule has 0 fully saturated rings. The summed E-state index contributed by atoms with van der Waals surface area (Å²) in [5.74, 6) is 0.0869. The van der Waals surface area contributed by atoms with E-state index in [0.717, 1.165) is 22.3 Å². The van der Waals surface area contributed by atoms with Crippen LogP contribution in [0.25, 0.3) is 0 Å². The van der Waals surface area contributed by atoms with E-state index in [1.165, 1.54) is 5.56 Å². The van der Waals surface area contributed by atoms with Crippen molar-refractivity contribution in [2.45, 2.75) is 27.3 Å². The van der Waals surface area contributed by atoms with Crippen molar-refractivity contribution in [2.75, 3.05) is 7.05 Å². The average Bonchev–Trinajstić information content (AvgIpc) is 2.38. The molecule has 0 aliphatic carbocycles. The van der Waals surface area contributed by atoms with Crippen molar-refractivity contribution < 1.29 is 4.79 Å². The van der Waals surface area contributed by atoms with E-state index in [9.17, 15) is 4.79 Å². The molecule has 0 aliphatic heterocycles. The maximum atomic E-state index is 12.6. The average molecular weight is 267 g/mol. The van der Waals surface area contributed by atoms with Crippen LogP contribution in [0.15, 0.2) is 42.5 Å². The van der Waals surface area contributed by atoms with Gasteiger partial charge in [0.2, 0.25) is 0 Å². The molecule has 2 rings (SSSR count). The van der Waals surface area contributed by atoms with Crippen LogP contribution in [-0.4, -0.2) is 17.9 Å². The van der Waals surface area contributed by atoms with E-state index in [0.29, 0.717) is 6.54 Å². The van der Waals surface area contributed by atoms with Gasteiger partial charge in [-0.05, 0) is 37.5 Å². The van der Waals surface area contributed by atoms with Gasteiger partial charge in [-0.25, -0.2) is 0 Å². The fourth-order valence-corrected chi connectivity index (χ4v) is 2.64. The first-order chi connectivity index (χ1) is 9.49. The zero-order chi connectivity index (χ0) is 14.7. The normalized spacial score (nSPS) is 10.4. The summed E-state index contributed by atoms with van der Waals surface area (Å²) in [6.45, 7) is 6.70. The molecular formula is C18H21NO. The zero-order valence-corrected chi connectivity index (χ0v) is 12.6.